The number of hydrogen-bond acceptors (Lipinski definition) is 4. The minimum absolute atomic E-state index is 0.147. The molecule has 1 aromatic heterocycles. The highest BCUT2D eigenvalue weighted by molar-refractivity contribution is 9.10. The third-order valence-corrected chi connectivity index (χ3v) is 5.54. The van der Waals surface area contributed by atoms with Crippen LogP contribution in [-0.2, 0) is 6.42 Å². The first-order valence-electron chi connectivity index (χ1n) is 6.11. The van der Waals surface area contributed by atoms with Crippen molar-refractivity contribution in [2.45, 2.75) is 31.2 Å². The molecule has 0 spiro atoms. The van der Waals surface area contributed by atoms with Crippen LogP contribution in [0.4, 0.5) is 0 Å². The van der Waals surface area contributed by atoms with Gasteiger partial charge >= 0.3 is 0 Å². The molecule has 0 saturated heterocycles. The highest BCUT2D eigenvalue weighted by Crippen LogP contribution is 2.23. The molecule has 0 radical (unpaired) electrons. The Morgan fingerprint density at radius 1 is 1.42 bits per heavy atom. The van der Waals surface area contributed by atoms with Crippen LogP contribution in [0.25, 0.3) is 0 Å². The number of aromatic nitrogens is 1. The molecule has 1 heterocycles. The van der Waals surface area contributed by atoms with E-state index < -0.39 is 0 Å². The summed E-state index contributed by atoms with van der Waals surface area (Å²) in [5.74, 6) is 0.911. The molecule has 0 aliphatic heterocycles. The average molecular weight is 357 g/mol. The third-order valence-electron chi connectivity index (χ3n) is 2.77. The smallest absolute Gasteiger partial charge is 0.0946 e. The first-order chi connectivity index (χ1) is 9.04. The van der Waals surface area contributed by atoms with E-state index in [-0.39, 0.29) is 6.04 Å². The normalized spacial score (nSPS) is 12.6. The fourth-order valence-corrected chi connectivity index (χ4v) is 4.16. The van der Waals surface area contributed by atoms with Crippen molar-refractivity contribution < 1.29 is 0 Å². The number of aryl methyl sites for hydroxylation is 2. The molecule has 0 aliphatic rings. The lowest BCUT2D eigenvalue weighted by Crippen LogP contribution is -2.25. The van der Waals surface area contributed by atoms with Crippen LogP contribution >= 0.6 is 39.0 Å². The molecule has 0 bridgehead atoms. The summed E-state index contributed by atoms with van der Waals surface area (Å²) in [5.41, 5.74) is 7.32. The van der Waals surface area contributed by atoms with E-state index >= 15 is 0 Å². The van der Waals surface area contributed by atoms with Crippen LogP contribution in [0, 0.1) is 13.8 Å². The monoisotopic (exact) mass is 356 g/mol. The summed E-state index contributed by atoms with van der Waals surface area (Å²) in [4.78, 5) is 7.08. The van der Waals surface area contributed by atoms with Gasteiger partial charge in [0.05, 0.1) is 10.7 Å². The second kappa shape index (κ2) is 6.88. The number of nitrogens with zero attached hydrogens (tertiary/aromatic N) is 1. The van der Waals surface area contributed by atoms with Gasteiger partial charge in [0, 0.05) is 32.5 Å². The predicted molar refractivity (Wildman–Crippen MR) is 88.1 cm³/mol. The Morgan fingerprint density at radius 2 is 2.21 bits per heavy atom. The summed E-state index contributed by atoms with van der Waals surface area (Å²) < 4.78 is 1.11. The van der Waals surface area contributed by atoms with Gasteiger partial charge < -0.3 is 5.73 Å². The number of nitrogens with two attached hydrogens (primary N) is 1. The summed E-state index contributed by atoms with van der Waals surface area (Å²) in [5, 5.41) is 1.15. The molecule has 1 unspecified atom stereocenters. The molecule has 1 aromatic carbocycles. The maximum atomic E-state index is 6.19. The van der Waals surface area contributed by atoms with Gasteiger partial charge in [-0.05, 0) is 32.0 Å². The Bertz CT molecular complexity index is 535. The first kappa shape index (κ1) is 15.0. The molecule has 5 heteroatoms. The van der Waals surface area contributed by atoms with Crippen LogP contribution in [0.1, 0.15) is 15.6 Å². The highest BCUT2D eigenvalue weighted by atomic mass is 79.9. The third kappa shape index (κ3) is 4.60. The van der Waals surface area contributed by atoms with Gasteiger partial charge in [-0.2, -0.15) is 0 Å². The standard InChI is InChI=1S/C14H17BrN2S2/c1-9-10(2)19-14(17-9)7-12(16)8-18-13-5-3-4-11(15)6-13/h3-6,12H,7-8,16H2,1-2H3. The molecular formula is C14H17BrN2S2. The number of benzene rings is 1. The fourth-order valence-electron chi connectivity index (χ4n) is 1.67. The van der Waals surface area contributed by atoms with E-state index in [9.17, 15) is 0 Å². The zero-order chi connectivity index (χ0) is 13.8. The lowest BCUT2D eigenvalue weighted by Gasteiger charge is -2.09. The number of thioether (sulfide) groups is 1. The average Bonchev–Trinajstić information content (AvgIpc) is 2.66. The second-order valence-corrected chi connectivity index (χ2v) is 7.78. The van der Waals surface area contributed by atoms with Crippen LogP contribution in [-0.4, -0.2) is 16.8 Å². The summed E-state index contributed by atoms with van der Waals surface area (Å²) >= 11 is 7.03. The zero-order valence-corrected chi connectivity index (χ0v) is 14.2. The molecule has 19 heavy (non-hydrogen) atoms. The first-order valence-corrected chi connectivity index (χ1v) is 8.71. The maximum Gasteiger partial charge on any atom is 0.0946 e. The van der Waals surface area contributed by atoms with Crippen molar-refractivity contribution in [3.8, 4) is 0 Å². The lowest BCUT2D eigenvalue weighted by atomic mass is 10.2. The van der Waals surface area contributed by atoms with E-state index in [0.29, 0.717) is 0 Å². The molecule has 0 aliphatic carbocycles. The van der Waals surface area contributed by atoms with Crippen LogP contribution in [0.5, 0.6) is 0 Å². The molecule has 0 amide bonds. The topological polar surface area (TPSA) is 38.9 Å². The Kier molecular flexibility index (Phi) is 5.45. The van der Waals surface area contributed by atoms with Crippen molar-refractivity contribution >= 4 is 39.0 Å². The Morgan fingerprint density at radius 3 is 2.84 bits per heavy atom. The van der Waals surface area contributed by atoms with E-state index in [1.54, 1.807) is 23.1 Å². The summed E-state index contributed by atoms with van der Waals surface area (Å²) in [7, 11) is 0. The lowest BCUT2D eigenvalue weighted by molar-refractivity contribution is 0.742. The molecular weight excluding hydrogens is 340 g/mol. The van der Waals surface area contributed by atoms with Gasteiger partial charge in [-0.1, -0.05) is 22.0 Å². The Balaban J connectivity index is 1.86. The minimum atomic E-state index is 0.147. The van der Waals surface area contributed by atoms with Crippen molar-refractivity contribution in [3.63, 3.8) is 0 Å². The number of rotatable bonds is 5. The van der Waals surface area contributed by atoms with Gasteiger partial charge in [-0.15, -0.1) is 23.1 Å². The van der Waals surface area contributed by atoms with Crippen molar-refractivity contribution in [3.05, 3.63) is 44.3 Å². The van der Waals surface area contributed by atoms with E-state index in [2.05, 4.69) is 46.9 Å². The fraction of sp³-hybridized carbons (Fsp3) is 0.357. The van der Waals surface area contributed by atoms with Gasteiger partial charge in [0.15, 0.2) is 0 Å². The SMILES string of the molecule is Cc1nc(CC(N)CSc2cccc(Br)c2)sc1C. The molecule has 2 N–H and O–H groups in total. The van der Waals surface area contributed by atoms with Gasteiger partial charge in [-0.3, -0.25) is 0 Å². The van der Waals surface area contributed by atoms with E-state index in [0.717, 1.165) is 27.3 Å². The number of hydrogen-bond donors (Lipinski definition) is 1. The quantitative estimate of drug-likeness (QED) is 0.816. The molecule has 0 saturated carbocycles. The van der Waals surface area contributed by atoms with Gasteiger partial charge in [0.2, 0.25) is 0 Å². The van der Waals surface area contributed by atoms with Crippen LogP contribution in [0.15, 0.2) is 33.6 Å². The summed E-state index contributed by atoms with van der Waals surface area (Å²) in [6.07, 6.45) is 0.861. The number of thiazole rings is 1. The molecule has 102 valence electrons. The van der Waals surface area contributed by atoms with Crippen LogP contribution in [0.2, 0.25) is 0 Å². The number of halogens is 1. The molecule has 2 nitrogen and oxygen atoms in total. The molecule has 1 atom stereocenters. The largest absolute Gasteiger partial charge is 0.327 e. The Labute approximate surface area is 131 Å². The second-order valence-electron chi connectivity index (χ2n) is 4.48. The van der Waals surface area contributed by atoms with Crippen molar-refractivity contribution in [2.75, 3.05) is 5.75 Å². The van der Waals surface area contributed by atoms with Gasteiger partial charge in [0.25, 0.3) is 0 Å². The predicted octanol–water partition coefficient (Wildman–Crippen LogP) is 4.18. The zero-order valence-electron chi connectivity index (χ0n) is 11.0. The summed E-state index contributed by atoms with van der Waals surface area (Å²) in [6, 6.07) is 8.46. The van der Waals surface area contributed by atoms with E-state index in [4.69, 9.17) is 5.73 Å². The molecule has 0 fully saturated rings. The van der Waals surface area contributed by atoms with Crippen LogP contribution in [0.3, 0.4) is 0 Å². The molecule has 2 aromatic rings. The maximum absolute atomic E-state index is 6.19. The summed E-state index contributed by atoms with van der Waals surface area (Å²) in [6.45, 7) is 4.16. The van der Waals surface area contributed by atoms with Crippen molar-refractivity contribution in [1.82, 2.24) is 4.98 Å². The van der Waals surface area contributed by atoms with Gasteiger partial charge in [0.1, 0.15) is 0 Å². The van der Waals surface area contributed by atoms with Crippen molar-refractivity contribution in [2.24, 2.45) is 5.73 Å². The van der Waals surface area contributed by atoms with E-state index in [1.807, 2.05) is 12.1 Å². The van der Waals surface area contributed by atoms with Crippen molar-refractivity contribution in [1.29, 1.82) is 0 Å². The molecule has 2 rings (SSSR count). The minimum Gasteiger partial charge on any atom is -0.327 e. The van der Waals surface area contributed by atoms with E-state index in [1.165, 1.54) is 9.77 Å². The van der Waals surface area contributed by atoms with Gasteiger partial charge in [-0.25, -0.2) is 4.98 Å². The Hall–Kier alpha value is -0.360. The van der Waals surface area contributed by atoms with Crippen LogP contribution < -0.4 is 5.73 Å². The highest BCUT2D eigenvalue weighted by Gasteiger charge is 2.10.